The van der Waals surface area contributed by atoms with Crippen molar-refractivity contribution in [3.63, 3.8) is 0 Å². The van der Waals surface area contributed by atoms with Crippen molar-refractivity contribution in [1.82, 2.24) is 20.2 Å². The van der Waals surface area contributed by atoms with Gasteiger partial charge in [0.1, 0.15) is 0 Å². The van der Waals surface area contributed by atoms with Crippen LogP contribution in [0.2, 0.25) is 0 Å². The molecular weight excluding hydrogens is 226 g/mol. The molecule has 5 nitrogen and oxygen atoms in total. The van der Waals surface area contributed by atoms with Crippen LogP contribution in [0, 0.1) is 0 Å². The summed E-state index contributed by atoms with van der Waals surface area (Å²) in [5, 5.41) is 6.64. The number of aryl methyl sites for hydroxylation is 1. The first-order valence-corrected chi connectivity index (χ1v) is 6.86. The molecule has 0 saturated carbocycles. The highest BCUT2D eigenvalue weighted by Gasteiger charge is 2.08. The highest BCUT2D eigenvalue weighted by Crippen LogP contribution is 2.01. The number of nitrogens with zero attached hydrogens (tertiary/aromatic N) is 3. The highest BCUT2D eigenvalue weighted by molar-refractivity contribution is 5.24. The summed E-state index contributed by atoms with van der Waals surface area (Å²) in [4.78, 5) is 11.1. The van der Waals surface area contributed by atoms with Crippen molar-refractivity contribution >= 4 is 5.95 Å². The van der Waals surface area contributed by atoms with E-state index in [1.165, 1.54) is 18.7 Å². The number of piperazine rings is 1. The Morgan fingerprint density at radius 1 is 1.28 bits per heavy atom. The standard InChI is InChI=1S/C13H23N5/c1-2-12-10-16-13(17-11-12)15-4-3-7-18-8-5-14-6-9-18/h10-11,14H,2-9H2,1H3,(H,15,16,17). The van der Waals surface area contributed by atoms with Crippen LogP contribution in [0.5, 0.6) is 0 Å². The average Bonchev–Trinajstić information content (AvgIpc) is 2.45. The van der Waals surface area contributed by atoms with Gasteiger partial charge in [0.15, 0.2) is 0 Å². The minimum absolute atomic E-state index is 0.743. The minimum Gasteiger partial charge on any atom is -0.354 e. The van der Waals surface area contributed by atoms with Crippen LogP contribution in [0.4, 0.5) is 5.95 Å². The molecule has 0 spiro atoms. The molecule has 0 atom stereocenters. The van der Waals surface area contributed by atoms with Crippen molar-refractivity contribution in [2.45, 2.75) is 19.8 Å². The van der Waals surface area contributed by atoms with Crippen LogP contribution in [0.3, 0.4) is 0 Å². The quantitative estimate of drug-likeness (QED) is 0.729. The maximum atomic E-state index is 4.29. The molecule has 1 aromatic rings. The van der Waals surface area contributed by atoms with Crippen molar-refractivity contribution < 1.29 is 0 Å². The van der Waals surface area contributed by atoms with Crippen LogP contribution in [0.25, 0.3) is 0 Å². The molecule has 0 aliphatic carbocycles. The van der Waals surface area contributed by atoms with Gasteiger partial charge in [-0.15, -0.1) is 0 Å². The number of rotatable bonds is 6. The Labute approximate surface area is 109 Å². The molecule has 1 aromatic heterocycles. The first kappa shape index (κ1) is 13.2. The smallest absolute Gasteiger partial charge is 0.222 e. The highest BCUT2D eigenvalue weighted by atomic mass is 15.2. The summed E-state index contributed by atoms with van der Waals surface area (Å²) in [6.07, 6.45) is 5.92. The molecule has 0 radical (unpaired) electrons. The zero-order valence-corrected chi connectivity index (χ0v) is 11.2. The van der Waals surface area contributed by atoms with Gasteiger partial charge in [-0.2, -0.15) is 0 Å². The van der Waals surface area contributed by atoms with Crippen LogP contribution in [0.15, 0.2) is 12.4 Å². The average molecular weight is 249 g/mol. The summed E-state index contributed by atoms with van der Waals surface area (Å²) in [6.45, 7) is 8.78. The minimum atomic E-state index is 0.743. The Morgan fingerprint density at radius 2 is 2.00 bits per heavy atom. The fraction of sp³-hybridized carbons (Fsp3) is 0.692. The third-order valence-corrected chi connectivity index (χ3v) is 3.26. The van der Waals surface area contributed by atoms with Crippen molar-refractivity contribution in [3.05, 3.63) is 18.0 Å². The zero-order chi connectivity index (χ0) is 12.6. The van der Waals surface area contributed by atoms with Gasteiger partial charge in [0.25, 0.3) is 0 Å². The summed E-state index contributed by atoms with van der Waals surface area (Å²) in [6, 6.07) is 0. The van der Waals surface area contributed by atoms with Crippen molar-refractivity contribution in [3.8, 4) is 0 Å². The molecule has 1 aliphatic rings. The van der Waals surface area contributed by atoms with E-state index in [1.807, 2.05) is 12.4 Å². The lowest BCUT2D eigenvalue weighted by Gasteiger charge is -2.27. The van der Waals surface area contributed by atoms with Gasteiger partial charge in [-0.25, -0.2) is 9.97 Å². The van der Waals surface area contributed by atoms with E-state index in [4.69, 9.17) is 0 Å². The molecule has 1 fully saturated rings. The van der Waals surface area contributed by atoms with Gasteiger partial charge in [-0.3, -0.25) is 0 Å². The topological polar surface area (TPSA) is 53.1 Å². The SMILES string of the molecule is CCc1cnc(NCCCN2CCNCC2)nc1. The molecule has 0 amide bonds. The van der Waals surface area contributed by atoms with Gasteiger partial charge < -0.3 is 15.5 Å². The molecule has 1 aliphatic heterocycles. The van der Waals surface area contributed by atoms with E-state index in [2.05, 4.69) is 32.4 Å². The largest absolute Gasteiger partial charge is 0.354 e. The Bertz CT molecular complexity index is 332. The Balaban J connectivity index is 1.62. The number of hydrogen-bond donors (Lipinski definition) is 2. The van der Waals surface area contributed by atoms with E-state index in [9.17, 15) is 0 Å². The van der Waals surface area contributed by atoms with Gasteiger partial charge in [0, 0.05) is 45.1 Å². The van der Waals surface area contributed by atoms with Gasteiger partial charge in [-0.1, -0.05) is 6.92 Å². The van der Waals surface area contributed by atoms with Crippen molar-refractivity contribution in [1.29, 1.82) is 0 Å². The monoisotopic (exact) mass is 249 g/mol. The van der Waals surface area contributed by atoms with E-state index in [0.29, 0.717) is 0 Å². The van der Waals surface area contributed by atoms with Crippen molar-refractivity contribution in [2.24, 2.45) is 0 Å². The number of hydrogen-bond acceptors (Lipinski definition) is 5. The molecule has 100 valence electrons. The molecule has 5 heteroatoms. The lowest BCUT2D eigenvalue weighted by molar-refractivity contribution is 0.240. The maximum Gasteiger partial charge on any atom is 0.222 e. The molecule has 1 saturated heterocycles. The second kappa shape index (κ2) is 7.28. The van der Waals surface area contributed by atoms with Gasteiger partial charge in [-0.05, 0) is 24.9 Å². The zero-order valence-electron chi connectivity index (χ0n) is 11.2. The van der Waals surface area contributed by atoms with Crippen LogP contribution in [0.1, 0.15) is 18.9 Å². The van der Waals surface area contributed by atoms with E-state index < -0.39 is 0 Å². The lowest BCUT2D eigenvalue weighted by Crippen LogP contribution is -2.44. The molecule has 2 N–H and O–H groups in total. The third kappa shape index (κ3) is 4.23. The van der Waals surface area contributed by atoms with Crippen molar-refractivity contribution in [2.75, 3.05) is 44.6 Å². The van der Waals surface area contributed by atoms with E-state index >= 15 is 0 Å². The van der Waals surface area contributed by atoms with Gasteiger partial charge >= 0.3 is 0 Å². The summed E-state index contributed by atoms with van der Waals surface area (Å²) in [5.74, 6) is 0.743. The van der Waals surface area contributed by atoms with Gasteiger partial charge in [0.05, 0.1) is 0 Å². The van der Waals surface area contributed by atoms with E-state index in [0.717, 1.165) is 45.0 Å². The molecule has 18 heavy (non-hydrogen) atoms. The summed E-state index contributed by atoms with van der Waals surface area (Å²) in [5.41, 5.74) is 1.18. The number of anilines is 1. The molecule has 0 unspecified atom stereocenters. The van der Waals surface area contributed by atoms with E-state index in [1.54, 1.807) is 0 Å². The number of aromatic nitrogens is 2. The van der Waals surface area contributed by atoms with Crippen LogP contribution >= 0.6 is 0 Å². The molecule has 2 heterocycles. The molecular formula is C13H23N5. The van der Waals surface area contributed by atoms with Crippen LogP contribution in [-0.4, -0.2) is 54.1 Å². The fourth-order valence-electron chi connectivity index (χ4n) is 2.07. The second-order valence-corrected chi connectivity index (χ2v) is 4.64. The summed E-state index contributed by atoms with van der Waals surface area (Å²) >= 11 is 0. The maximum absolute atomic E-state index is 4.29. The summed E-state index contributed by atoms with van der Waals surface area (Å²) < 4.78 is 0. The predicted octanol–water partition coefficient (Wildman–Crippen LogP) is 0.746. The fourth-order valence-corrected chi connectivity index (χ4v) is 2.07. The predicted molar refractivity (Wildman–Crippen MR) is 73.8 cm³/mol. The third-order valence-electron chi connectivity index (χ3n) is 3.26. The molecule has 2 rings (SSSR count). The first-order chi connectivity index (χ1) is 8.88. The molecule has 0 bridgehead atoms. The van der Waals surface area contributed by atoms with E-state index in [-0.39, 0.29) is 0 Å². The van der Waals surface area contributed by atoms with Gasteiger partial charge in [0.2, 0.25) is 5.95 Å². The Morgan fingerprint density at radius 3 is 2.67 bits per heavy atom. The lowest BCUT2D eigenvalue weighted by atomic mass is 10.3. The Kier molecular flexibility index (Phi) is 5.36. The first-order valence-electron chi connectivity index (χ1n) is 6.86. The Hall–Kier alpha value is -1.20. The summed E-state index contributed by atoms with van der Waals surface area (Å²) in [7, 11) is 0. The second-order valence-electron chi connectivity index (χ2n) is 4.64. The molecule has 0 aromatic carbocycles. The normalized spacial score (nSPS) is 16.7. The number of nitrogens with one attached hydrogen (secondary N) is 2. The van der Waals surface area contributed by atoms with Crippen LogP contribution in [-0.2, 0) is 6.42 Å². The van der Waals surface area contributed by atoms with Crippen LogP contribution < -0.4 is 10.6 Å².